The zero-order chi connectivity index (χ0) is 16.4. The van der Waals surface area contributed by atoms with Crippen LogP contribution in [-0.2, 0) is 11.3 Å². The molecule has 0 spiro atoms. The molecule has 7 heteroatoms. The van der Waals surface area contributed by atoms with E-state index in [4.69, 9.17) is 27.6 Å². The number of aromatic nitrogens is 1. The van der Waals surface area contributed by atoms with E-state index in [0.717, 1.165) is 0 Å². The summed E-state index contributed by atoms with van der Waals surface area (Å²) in [6.45, 7) is 0.208. The molecule has 0 saturated carbocycles. The van der Waals surface area contributed by atoms with Gasteiger partial charge in [-0.3, -0.25) is 9.36 Å². The molecule has 0 radical (unpaired) electrons. The number of nitrogens with zero attached hydrogens (tertiary/aromatic N) is 1. The third-order valence-corrected chi connectivity index (χ3v) is 3.90. The highest BCUT2D eigenvalue weighted by Gasteiger charge is 2.11. The second-order valence-electron chi connectivity index (χ2n) is 4.91. The lowest BCUT2D eigenvalue weighted by Gasteiger charge is -2.08. The van der Waals surface area contributed by atoms with E-state index in [2.05, 4.69) is 5.32 Å². The minimum Gasteiger partial charge on any atom is -0.408 e. The van der Waals surface area contributed by atoms with E-state index in [0.29, 0.717) is 26.8 Å². The summed E-state index contributed by atoms with van der Waals surface area (Å²) in [5.74, 6) is -0.758. The van der Waals surface area contributed by atoms with Crippen LogP contribution in [0.2, 0.25) is 10.0 Å². The molecule has 0 saturated heterocycles. The largest absolute Gasteiger partial charge is 0.419 e. The molecule has 0 aliphatic rings. The van der Waals surface area contributed by atoms with Gasteiger partial charge in [0.15, 0.2) is 5.58 Å². The highest BCUT2D eigenvalue weighted by atomic mass is 35.5. The number of carbonyl (C=O) groups is 1. The van der Waals surface area contributed by atoms with Crippen molar-refractivity contribution < 1.29 is 9.21 Å². The van der Waals surface area contributed by atoms with Crippen molar-refractivity contribution in [1.29, 1.82) is 0 Å². The van der Waals surface area contributed by atoms with Crippen molar-refractivity contribution in [1.82, 2.24) is 4.57 Å². The minimum atomic E-state index is -0.486. The molecule has 1 amide bonds. The fourth-order valence-corrected chi connectivity index (χ4v) is 2.58. The number of hydrogen-bond donors (Lipinski definition) is 1. The van der Waals surface area contributed by atoms with E-state index in [-0.39, 0.29) is 18.9 Å². The van der Waals surface area contributed by atoms with Crippen molar-refractivity contribution in [3.8, 4) is 0 Å². The van der Waals surface area contributed by atoms with E-state index in [1.54, 1.807) is 42.5 Å². The summed E-state index contributed by atoms with van der Waals surface area (Å²) >= 11 is 11.9. The third kappa shape index (κ3) is 3.41. The Bertz CT molecular complexity index is 930. The lowest BCUT2D eigenvalue weighted by atomic mass is 10.3. The molecule has 23 heavy (non-hydrogen) atoms. The molecule has 3 aromatic rings. The van der Waals surface area contributed by atoms with Gasteiger partial charge in [-0.05, 0) is 30.3 Å². The van der Waals surface area contributed by atoms with Gasteiger partial charge in [0, 0.05) is 18.0 Å². The number of amides is 1. The number of fused-ring (bicyclic) bond motifs is 1. The molecule has 1 aromatic heterocycles. The normalized spacial score (nSPS) is 10.9. The Hall–Kier alpha value is -2.24. The maximum absolute atomic E-state index is 12.1. The highest BCUT2D eigenvalue weighted by molar-refractivity contribution is 6.35. The zero-order valence-corrected chi connectivity index (χ0v) is 13.4. The molecule has 0 fully saturated rings. The third-order valence-electron chi connectivity index (χ3n) is 3.34. The number of anilines is 1. The zero-order valence-electron chi connectivity index (χ0n) is 11.9. The fraction of sp³-hybridized carbons (Fsp3) is 0.125. The first-order valence-electron chi connectivity index (χ1n) is 6.88. The molecule has 3 rings (SSSR count). The topological polar surface area (TPSA) is 64.2 Å². The Morgan fingerprint density at radius 3 is 2.78 bits per heavy atom. The first-order valence-corrected chi connectivity index (χ1v) is 7.63. The molecule has 1 N–H and O–H groups in total. The minimum absolute atomic E-state index is 0.103. The molecule has 0 aliphatic heterocycles. The Morgan fingerprint density at radius 1 is 1.17 bits per heavy atom. The van der Waals surface area contributed by atoms with Gasteiger partial charge in [0.25, 0.3) is 0 Å². The lowest BCUT2D eigenvalue weighted by Crippen LogP contribution is -2.19. The summed E-state index contributed by atoms with van der Waals surface area (Å²) in [4.78, 5) is 23.9. The average Bonchev–Trinajstić information content (AvgIpc) is 2.84. The number of halogens is 2. The molecular formula is C16H12Cl2N2O3. The van der Waals surface area contributed by atoms with Gasteiger partial charge in [0.05, 0.1) is 16.2 Å². The predicted octanol–water partition coefficient (Wildman–Crippen LogP) is 3.93. The average molecular weight is 351 g/mol. The van der Waals surface area contributed by atoms with Gasteiger partial charge in [-0.1, -0.05) is 35.3 Å². The van der Waals surface area contributed by atoms with Gasteiger partial charge in [0.1, 0.15) is 0 Å². The van der Waals surface area contributed by atoms with Crippen molar-refractivity contribution in [3.05, 3.63) is 63.1 Å². The second kappa shape index (κ2) is 6.48. The number of rotatable bonds is 4. The maximum atomic E-state index is 12.1. The van der Waals surface area contributed by atoms with Crippen LogP contribution in [0, 0.1) is 0 Å². The van der Waals surface area contributed by atoms with Crippen LogP contribution in [-0.4, -0.2) is 10.5 Å². The molecule has 2 aromatic carbocycles. The molecule has 0 aliphatic carbocycles. The van der Waals surface area contributed by atoms with Crippen molar-refractivity contribution >= 4 is 45.9 Å². The van der Waals surface area contributed by atoms with Crippen LogP contribution in [0.4, 0.5) is 5.69 Å². The highest BCUT2D eigenvalue weighted by Crippen LogP contribution is 2.25. The van der Waals surface area contributed by atoms with E-state index < -0.39 is 5.76 Å². The Morgan fingerprint density at radius 2 is 1.96 bits per heavy atom. The predicted molar refractivity (Wildman–Crippen MR) is 90.2 cm³/mol. The molecule has 118 valence electrons. The van der Waals surface area contributed by atoms with Gasteiger partial charge < -0.3 is 9.73 Å². The molecule has 0 bridgehead atoms. The van der Waals surface area contributed by atoms with E-state index >= 15 is 0 Å². The van der Waals surface area contributed by atoms with Crippen molar-refractivity contribution in [3.63, 3.8) is 0 Å². The van der Waals surface area contributed by atoms with Crippen molar-refractivity contribution in [2.75, 3.05) is 5.32 Å². The Labute approximate surface area is 141 Å². The van der Waals surface area contributed by atoms with E-state index in [1.165, 1.54) is 4.57 Å². The SMILES string of the molecule is O=C(CCn1c(=O)oc2ccccc21)Nc1cc(Cl)ccc1Cl. The van der Waals surface area contributed by atoms with Gasteiger partial charge in [-0.15, -0.1) is 0 Å². The quantitative estimate of drug-likeness (QED) is 0.775. The van der Waals surface area contributed by atoms with E-state index in [1.807, 2.05) is 0 Å². The monoisotopic (exact) mass is 350 g/mol. The number of oxazole rings is 1. The standard InChI is InChI=1S/C16H12Cl2N2O3/c17-10-5-6-11(18)12(9-10)19-15(21)7-8-20-13-3-1-2-4-14(13)23-16(20)22/h1-6,9H,7-8H2,(H,19,21). The number of aryl methyl sites for hydroxylation is 1. The summed E-state index contributed by atoms with van der Waals surface area (Å²) in [5, 5.41) is 3.55. The Balaban J connectivity index is 1.72. The number of hydrogen-bond acceptors (Lipinski definition) is 3. The fourth-order valence-electron chi connectivity index (χ4n) is 2.25. The number of nitrogens with one attached hydrogen (secondary N) is 1. The summed E-state index contributed by atoms with van der Waals surface area (Å²) in [6, 6.07) is 11.9. The van der Waals surface area contributed by atoms with Gasteiger partial charge in [0.2, 0.25) is 5.91 Å². The number of benzene rings is 2. The van der Waals surface area contributed by atoms with Crippen LogP contribution in [0.25, 0.3) is 11.1 Å². The van der Waals surface area contributed by atoms with Crippen LogP contribution in [0.15, 0.2) is 51.7 Å². The smallest absolute Gasteiger partial charge is 0.408 e. The summed E-state index contributed by atoms with van der Waals surface area (Å²) in [7, 11) is 0. The number of carbonyl (C=O) groups excluding carboxylic acids is 1. The lowest BCUT2D eigenvalue weighted by molar-refractivity contribution is -0.116. The number of para-hydroxylation sites is 2. The van der Waals surface area contributed by atoms with Crippen LogP contribution in [0.5, 0.6) is 0 Å². The first-order chi connectivity index (χ1) is 11.0. The molecule has 0 atom stereocenters. The summed E-state index contributed by atoms with van der Waals surface area (Å²) < 4.78 is 6.55. The van der Waals surface area contributed by atoms with Crippen LogP contribution in [0.3, 0.4) is 0 Å². The van der Waals surface area contributed by atoms with Crippen molar-refractivity contribution in [2.24, 2.45) is 0 Å². The van der Waals surface area contributed by atoms with Gasteiger partial charge in [-0.25, -0.2) is 4.79 Å². The van der Waals surface area contributed by atoms with Crippen LogP contribution < -0.4 is 11.1 Å². The first kappa shape index (κ1) is 15.6. The molecule has 5 nitrogen and oxygen atoms in total. The maximum Gasteiger partial charge on any atom is 0.419 e. The van der Waals surface area contributed by atoms with Crippen LogP contribution in [0.1, 0.15) is 6.42 Å². The molecule has 0 unspecified atom stereocenters. The van der Waals surface area contributed by atoms with Gasteiger partial charge >= 0.3 is 5.76 Å². The van der Waals surface area contributed by atoms with E-state index in [9.17, 15) is 9.59 Å². The summed E-state index contributed by atoms with van der Waals surface area (Å²) in [5.41, 5.74) is 1.59. The molecular weight excluding hydrogens is 339 g/mol. The molecule has 1 heterocycles. The summed E-state index contributed by atoms with van der Waals surface area (Å²) in [6.07, 6.45) is 0.103. The second-order valence-corrected chi connectivity index (χ2v) is 5.75. The van der Waals surface area contributed by atoms with Gasteiger partial charge in [-0.2, -0.15) is 0 Å². The van der Waals surface area contributed by atoms with Crippen molar-refractivity contribution in [2.45, 2.75) is 13.0 Å². The Kier molecular flexibility index (Phi) is 4.41. The van der Waals surface area contributed by atoms with Crippen LogP contribution >= 0.6 is 23.2 Å².